The van der Waals surface area contributed by atoms with Crippen molar-refractivity contribution in [1.82, 2.24) is 0 Å². The van der Waals surface area contributed by atoms with Gasteiger partial charge in [0.1, 0.15) is 5.75 Å². The molecule has 1 rings (SSSR count). The van der Waals surface area contributed by atoms with Gasteiger partial charge in [0, 0.05) is 6.92 Å². The van der Waals surface area contributed by atoms with E-state index in [9.17, 15) is 14.7 Å². The van der Waals surface area contributed by atoms with Crippen molar-refractivity contribution in [2.75, 3.05) is 12.4 Å². The molecule has 0 aliphatic carbocycles. The third kappa shape index (κ3) is 2.70. The summed E-state index contributed by atoms with van der Waals surface area (Å²) < 4.78 is 4.47. The van der Waals surface area contributed by atoms with Crippen LogP contribution in [0.2, 0.25) is 0 Å². The Morgan fingerprint density at radius 2 is 2.07 bits per heavy atom. The Hall–Kier alpha value is -2.04. The molecule has 1 aromatic rings. The molecule has 15 heavy (non-hydrogen) atoms. The summed E-state index contributed by atoms with van der Waals surface area (Å²) in [4.78, 5) is 21.8. The van der Waals surface area contributed by atoms with Crippen LogP contribution in [0.25, 0.3) is 0 Å². The number of benzene rings is 1. The van der Waals surface area contributed by atoms with E-state index in [1.807, 2.05) is 0 Å². The summed E-state index contributed by atoms with van der Waals surface area (Å²) in [7, 11) is 1.25. The average Bonchev–Trinajstić information content (AvgIpc) is 2.19. The van der Waals surface area contributed by atoms with Gasteiger partial charge in [-0.05, 0) is 18.2 Å². The number of ether oxygens (including phenoxy) is 1. The molecule has 0 heterocycles. The van der Waals surface area contributed by atoms with Crippen molar-refractivity contribution in [3.8, 4) is 5.75 Å². The Morgan fingerprint density at radius 1 is 1.40 bits per heavy atom. The molecule has 0 unspecified atom stereocenters. The van der Waals surface area contributed by atoms with Gasteiger partial charge in [0.2, 0.25) is 5.91 Å². The molecule has 0 aliphatic heterocycles. The normalized spacial score (nSPS) is 9.47. The minimum atomic E-state index is -0.542. The first-order valence-electron chi connectivity index (χ1n) is 4.23. The molecule has 0 spiro atoms. The number of esters is 1. The van der Waals surface area contributed by atoms with Gasteiger partial charge in [-0.15, -0.1) is 0 Å². The maximum atomic E-state index is 11.1. The van der Waals surface area contributed by atoms with E-state index < -0.39 is 5.97 Å². The second kappa shape index (κ2) is 4.45. The molecule has 0 bridgehead atoms. The van der Waals surface area contributed by atoms with Gasteiger partial charge >= 0.3 is 5.97 Å². The molecular weight excluding hydrogens is 198 g/mol. The lowest BCUT2D eigenvalue weighted by atomic mass is 10.2. The van der Waals surface area contributed by atoms with Gasteiger partial charge in [0.15, 0.2) is 0 Å². The summed E-state index contributed by atoms with van der Waals surface area (Å²) >= 11 is 0. The molecule has 2 N–H and O–H groups in total. The number of anilines is 1. The monoisotopic (exact) mass is 209 g/mol. The Balaban J connectivity index is 2.97. The maximum absolute atomic E-state index is 11.1. The number of carbonyl (C=O) groups excluding carboxylic acids is 2. The van der Waals surface area contributed by atoms with Gasteiger partial charge in [0.25, 0.3) is 0 Å². The molecular formula is C10H11NO4. The topological polar surface area (TPSA) is 75.6 Å². The summed E-state index contributed by atoms with van der Waals surface area (Å²) in [6.07, 6.45) is 0. The van der Waals surface area contributed by atoms with Crippen LogP contribution >= 0.6 is 0 Å². The van der Waals surface area contributed by atoms with E-state index >= 15 is 0 Å². The Kier molecular flexibility index (Phi) is 3.28. The fraction of sp³-hybridized carbons (Fsp3) is 0.200. The highest BCUT2D eigenvalue weighted by Crippen LogP contribution is 2.24. The van der Waals surface area contributed by atoms with Gasteiger partial charge in [0.05, 0.1) is 18.4 Å². The largest absolute Gasteiger partial charge is 0.506 e. The minimum absolute atomic E-state index is 0.173. The van der Waals surface area contributed by atoms with Gasteiger partial charge in [-0.1, -0.05) is 0 Å². The van der Waals surface area contributed by atoms with Crippen molar-refractivity contribution >= 4 is 17.6 Å². The van der Waals surface area contributed by atoms with Crippen molar-refractivity contribution in [3.63, 3.8) is 0 Å². The maximum Gasteiger partial charge on any atom is 0.337 e. The number of hydrogen-bond donors (Lipinski definition) is 2. The second-order valence-corrected chi connectivity index (χ2v) is 2.90. The molecule has 0 saturated heterocycles. The lowest BCUT2D eigenvalue weighted by Crippen LogP contribution is -2.07. The zero-order valence-corrected chi connectivity index (χ0v) is 8.40. The molecule has 5 heteroatoms. The van der Waals surface area contributed by atoms with E-state index in [-0.39, 0.29) is 22.9 Å². The van der Waals surface area contributed by atoms with Crippen LogP contribution in [0, 0.1) is 0 Å². The first-order valence-corrected chi connectivity index (χ1v) is 4.23. The number of rotatable bonds is 2. The predicted molar refractivity (Wildman–Crippen MR) is 53.8 cm³/mol. The predicted octanol–water partition coefficient (Wildman–Crippen LogP) is 1.14. The van der Waals surface area contributed by atoms with Crippen LogP contribution in [-0.4, -0.2) is 24.1 Å². The van der Waals surface area contributed by atoms with Crippen molar-refractivity contribution < 1.29 is 19.4 Å². The van der Waals surface area contributed by atoms with Crippen molar-refractivity contribution in [2.24, 2.45) is 0 Å². The number of hydrogen-bond acceptors (Lipinski definition) is 4. The molecule has 0 saturated carbocycles. The first-order chi connectivity index (χ1) is 7.04. The van der Waals surface area contributed by atoms with E-state index in [2.05, 4.69) is 10.1 Å². The number of phenols is 1. The molecule has 0 aromatic heterocycles. The van der Waals surface area contributed by atoms with E-state index in [0.717, 1.165) is 0 Å². The van der Waals surface area contributed by atoms with Crippen molar-refractivity contribution in [1.29, 1.82) is 0 Å². The van der Waals surface area contributed by atoms with Crippen LogP contribution < -0.4 is 5.32 Å². The average molecular weight is 209 g/mol. The third-order valence-corrected chi connectivity index (χ3v) is 1.73. The molecule has 0 fully saturated rings. The van der Waals surface area contributed by atoms with E-state index in [1.54, 1.807) is 0 Å². The highest BCUT2D eigenvalue weighted by molar-refractivity contribution is 5.93. The van der Waals surface area contributed by atoms with Gasteiger partial charge in [-0.3, -0.25) is 4.79 Å². The summed E-state index contributed by atoms with van der Waals surface area (Å²) in [6.45, 7) is 1.33. The Morgan fingerprint density at radius 3 is 2.53 bits per heavy atom. The molecule has 0 aliphatic rings. The molecule has 1 aromatic carbocycles. The summed E-state index contributed by atoms with van der Waals surface area (Å²) in [5, 5.41) is 11.9. The third-order valence-electron chi connectivity index (χ3n) is 1.73. The van der Waals surface area contributed by atoms with Crippen LogP contribution in [0.5, 0.6) is 5.75 Å². The quantitative estimate of drug-likeness (QED) is 0.565. The number of amides is 1. The van der Waals surface area contributed by atoms with Gasteiger partial charge in [-0.25, -0.2) is 4.79 Å². The minimum Gasteiger partial charge on any atom is -0.506 e. The number of phenolic OH excluding ortho intramolecular Hbond substituents is 1. The highest BCUT2D eigenvalue weighted by atomic mass is 16.5. The van der Waals surface area contributed by atoms with Gasteiger partial charge in [-0.2, -0.15) is 0 Å². The Labute approximate surface area is 86.7 Å². The molecule has 1 amide bonds. The number of aromatic hydroxyl groups is 1. The highest BCUT2D eigenvalue weighted by Gasteiger charge is 2.09. The molecule has 5 nitrogen and oxygen atoms in total. The Bertz CT molecular complexity index is 400. The SMILES string of the molecule is COC(=O)c1ccc(NC(C)=O)c(O)c1. The van der Waals surface area contributed by atoms with Crippen molar-refractivity contribution in [3.05, 3.63) is 23.8 Å². The van der Waals surface area contributed by atoms with Crippen LogP contribution in [0.1, 0.15) is 17.3 Å². The van der Waals surface area contributed by atoms with E-state index in [1.165, 1.54) is 32.2 Å². The number of nitrogens with one attached hydrogen (secondary N) is 1. The zero-order chi connectivity index (χ0) is 11.4. The van der Waals surface area contributed by atoms with Gasteiger partial charge < -0.3 is 15.2 Å². The van der Waals surface area contributed by atoms with E-state index in [4.69, 9.17) is 0 Å². The van der Waals surface area contributed by atoms with E-state index in [0.29, 0.717) is 0 Å². The number of methoxy groups -OCH3 is 1. The smallest absolute Gasteiger partial charge is 0.337 e. The lowest BCUT2D eigenvalue weighted by molar-refractivity contribution is -0.114. The molecule has 0 atom stereocenters. The summed E-state index contributed by atoms with van der Waals surface area (Å²) in [5.41, 5.74) is 0.485. The summed E-state index contributed by atoms with van der Waals surface area (Å²) in [6, 6.07) is 4.12. The standard InChI is InChI=1S/C10H11NO4/c1-6(12)11-8-4-3-7(5-9(8)13)10(14)15-2/h3-5,13H,1-2H3,(H,11,12). The molecule has 0 radical (unpaired) electrons. The molecule has 80 valence electrons. The fourth-order valence-electron chi connectivity index (χ4n) is 1.07. The van der Waals surface area contributed by atoms with Crippen LogP contribution in [0.15, 0.2) is 18.2 Å². The van der Waals surface area contributed by atoms with Crippen LogP contribution in [0.4, 0.5) is 5.69 Å². The fourth-order valence-corrected chi connectivity index (χ4v) is 1.07. The second-order valence-electron chi connectivity index (χ2n) is 2.90. The lowest BCUT2D eigenvalue weighted by Gasteiger charge is -2.06. The number of carbonyl (C=O) groups is 2. The summed E-state index contributed by atoms with van der Waals surface area (Å²) in [5.74, 6) is -1.01. The van der Waals surface area contributed by atoms with Crippen molar-refractivity contribution in [2.45, 2.75) is 6.92 Å². The zero-order valence-electron chi connectivity index (χ0n) is 8.40. The van der Waals surface area contributed by atoms with Crippen LogP contribution in [-0.2, 0) is 9.53 Å². The first kappa shape index (κ1) is 11.0. The van der Waals surface area contributed by atoms with Crippen LogP contribution in [0.3, 0.4) is 0 Å².